The van der Waals surface area contributed by atoms with Gasteiger partial charge in [-0.05, 0) is 39.3 Å². The summed E-state index contributed by atoms with van der Waals surface area (Å²) in [5.41, 5.74) is 1.53. The smallest absolute Gasteiger partial charge is 0.0162 e. The molecule has 0 aliphatic heterocycles. The number of likely N-dealkylation sites (N-methyl/N-ethyl adjacent to an activating group) is 1. The van der Waals surface area contributed by atoms with Crippen LogP contribution >= 0.6 is 0 Å². The third-order valence-electron chi connectivity index (χ3n) is 2.72. The second-order valence-electron chi connectivity index (χ2n) is 4.02. The first-order valence-electron chi connectivity index (χ1n) is 5.47. The quantitative estimate of drug-likeness (QED) is 0.571. The highest BCUT2D eigenvalue weighted by Gasteiger charge is 2.00. The Balaban J connectivity index is 3.81. The van der Waals surface area contributed by atoms with E-state index in [0.29, 0.717) is 0 Å². The van der Waals surface area contributed by atoms with Gasteiger partial charge in [-0.1, -0.05) is 32.4 Å². The Morgan fingerprint density at radius 1 is 1.38 bits per heavy atom. The van der Waals surface area contributed by atoms with Crippen LogP contribution in [-0.4, -0.2) is 25.0 Å². The van der Waals surface area contributed by atoms with Crippen molar-refractivity contribution in [3.8, 4) is 0 Å². The Morgan fingerprint density at radius 3 is 2.46 bits per heavy atom. The highest BCUT2D eigenvalue weighted by Crippen LogP contribution is 2.12. The molecule has 1 nitrogen and oxygen atoms in total. The summed E-state index contributed by atoms with van der Waals surface area (Å²) in [5, 5.41) is 0. The van der Waals surface area contributed by atoms with Crippen LogP contribution in [0.3, 0.4) is 0 Å². The zero-order valence-electron chi connectivity index (χ0n) is 9.93. The fourth-order valence-electron chi connectivity index (χ4n) is 1.30. The first-order valence-corrected chi connectivity index (χ1v) is 5.47. The molecular formula is C12H25N. The van der Waals surface area contributed by atoms with Crippen LogP contribution in [0.2, 0.25) is 0 Å². The lowest BCUT2D eigenvalue weighted by atomic mass is 10.00. The summed E-state index contributed by atoms with van der Waals surface area (Å²) in [5.74, 6) is 0.745. The molecule has 1 heteroatoms. The van der Waals surface area contributed by atoms with Crippen LogP contribution in [0.15, 0.2) is 11.6 Å². The summed E-state index contributed by atoms with van der Waals surface area (Å²) in [4.78, 5) is 2.37. The summed E-state index contributed by atoms with van der Waals surface area (Å²) in [6.45, 7) is 11.3. The number of rotatable bonds is 6. The van der Waals surface area contributed by atoms with E-state index in [-0.39, 0.29) is 0 Å². The topological polar surface area (TPSA) is 3.24 Å². The molecule has 0 radical (unpaired) electrons. The van der Waals surface area contributed by atoms with E-state index in [4.69, 9.17) is 0 Å². The van der Waals surface area contributed by atoms with Crippen molar-refractivity contribution >= 4 is 0 Å². The molecule has 0 fully saturated rings. The first-order chi connectivity index (χ1) is 6.11. The molecule has 0 unspecified atom stereocenters. The van der Waals surface area contributed by atoms with Crippen LogP contribution in [0.25, 0.3) is 0 Å². The Morgan fingerprint density at radius 2 is 2.00 bits per heavy atom. The highest BCUT2D eigenvalue weighted by atomic mass is 15.1. The van der Waals surface area contributed by atoms with Crippen LogP contribution in [0, 0.1) is 5.92 Å². The van der Waals surface area contributed by atoms with Crippen molar-refractivity contribution in [2.75, 3.05) is 20.1 Å². The zero-order chi connectivity index (χ0) is 10.3. The van der Waals surface area contributed by atoms with E-state index in [1.165, 1.54) is 25.0 Å². The lowest BCUT2D eigenvalue weighted by molar-refractivity contribution is 0.369. The van der Waals surface area contributed by atoms with Gasteiger partial charge in [0.25, 0.3) is 0 Å². The lowest BCUT2D eigenvalue weighted by Crippen LogP contribution is -2.19. The predicted octanol–water partition coefficient (Wildman–Crippen LogP) is 3.32. The molecule has 78 valence electrons. The molecule has 0 saturated carbocycles. The van der Waals surface area contributed by atoms with Gasteiger partial charge in [0.05, 0.1) is 0 Å². The summed E-state index contributed by atoms with van der Waals surface area (Å²) in [6, 6.07) is 0. The second kappa shape index (κ2) is 7.14. The Kier molecular flexibility index (Phi) is 6.97. The van der Waals surface area contributed by atoms with Gasteiger partial charge in [0.15, 0.2) is 0 Å². The summed E-state index contributed by atoms with van der Waals surface area (Å²) in [6.07, 6.45) is 4.86. The Hall–Kier alpha value is -0.300. The van der Waals surface area contributed by atoms with Gasteiger partial charge in [-0.15, -0.1) is 0 Å². The monoisotopic (exact) mass is 183 g/mol. The van der Waals surface area contributed by atoms with Gasteiger partial charge in [0.2, 0.25) is 0 Å². The van der Waals surface area contributed by atoms with E-state index in [9.17, 15) is 0 Å². The molecule has 0 N–H and O–H groups in total. The van der Waals surface area contributed by atoms with Crippen molar-refractivity contribution in [2.45, 2.75) is 40.5 Å². The third kappa shape index (κ3) is 5.87. The average Bonchev–Trinajstić information content (AvgIpc) is 2.13. The van der Waals surface area contributed by atoms with Crippen molar-refractivity contribution < 1.29 is 0 Å². The molecule has 13 heavy (non-hydrogen) atoms. The lowest BCUT2D eigenvalue weighted by Gasteiger charge is -2.15. The molecule has 0 aliphatic carbocycles. The van der Waals surface area contributed by atoms with E-state index in [0.717, 1.165) is 12.5 Å². The number of hydrogen-bond acceptors (Lipinski definition) is 1. The van der Waals surface area contributed by atoms with E-state index in [1.54, 1.807) is 0 Å². The van der Waals surface area contributed by atoms with E-state index in [2.05, 4.69) is 45.7 Å². The largest absolute Gasteiger partial charge is 0.303 e. The predicted molar refractivity (Wildman–Crippen MR) is 61.0 cm³/mol. The third-order valence-corrected chi connectivity index (χ3v) is 2.72. The van der Waals surface area contributed by atoms with Crippen LogP contribution in [-0.2, 0) is 0 Å². The fraction of sp³-hybridized carbons (Fsp3) is 0.833. The minimum atomic E-state index is 0.745. The zero-order valence-corrected chi connectivity index (χ0v) is 9.93. The molecule has 0 aromatic heterocycles. The maximum atomic E-state index is 2.37. The maximum absolute atomic E-state index is 2.37. The number of allylic oxidation sites excluding steroid dienone is 1. The minimum Gasteiger partial charge on any atom is -0.303 e. The normalized spacial score (nSPS) is 15.1. The minimum absolute atomic E-state index is 0.745. The molecular weight excluding hydrogens is 158 g/mol. The summed E-state index contributed by atoms with van der Waals surface area (Å²) < 4.78 is 0. The second-order valence-corrected chi connectivity index (χ2v) is 4.02. The van der Waals surface area contributed by atoms with Gasteiger partial charge in [-0.3, -0.25) is 0 Å². The van der Waals surface area contributed by atoms with Crippen molar-refractivity contribution in [3.05, 3.63) is 11.6 Å². The van der Waals surface area contributed by atoms with Crippen LogP contribution < -0.4 is 0 Å². The van der Waals surface area contributed by atoms with Crippen LogP contribution in [0.1, 0.15) is 40.5 Å². The molecule has 0 saturated heterocycles. The maximum Gasteiger partial charge on any atom is 0.0162 e. The summed E-state index contributed by atoms with van der Waals surface area (Å²) in [7, 11) is 2.18. The van der Waals surface area contributed by atoms with E-state index < -0.39 is 0 Å². The van der Waals surface area contributed by atoms with Gasteiger partial charge in [-0.2, -0.15) is 0 Å². The van der Waals surface area contributed by atoms with Crippen molar-refractivity contribution in [1.82, 2.24) is 4.90 Å². The van der Waals surface area contributed by atoms with E-state index >= 15 is 0 Å². The number of hydrogen-bond donors (Lipinski definition) is 0. The molecule has 1 atom stereocenters. The average molecular weight is 183 g/mol. The van der Waals surface area contributed by atoms with Gasteiger partial charge >= 0.3 is 0 Å². The molecule has 0 heterocycles. The van der Waals surface area contributed by atoms with Crippen LogP contribution in [0.4, 0.5) is 0 Å². The standard InChI is InChI=1S/C12H25N/c1-6-9-13(5)10-8-12(4)11(3)7-2/h8,11H,6-7,9-10H2,1-5H3/b12-8-/t11-/m0/s1. The van der Waals surface area contributed by atoms with Gasteiger partial charge in [0, 0.05) is 6.54 Å². The van der Waals surface area contributed by atoms with Gasteiger partial charge in [-0.25, -0.2) is 0 Å². The SMILES string of the molecule is CCCN(C)C/C=C(/C)[C@@H](C)CC. The Bertz CT molecular complexity index is 149. The van der Waals surface area contributed by atoms with E-state index in [1.807, 2.05) is 0 Å². The molecule has 0 rings (SSSR count). The summed E-state index contributed by atoms with van der Waals surface area (Å²) >= 11 is 0. The van der Waals surface area contributed by atoms with Crippen molar-refractivity contribution in [1.29, 1.82) is 0 Å². The van der Waals surface area contributed by atoms with Crippen molar-refractivity contribution in [3.63, 3.8) is 0 Å². The molecule has 0 amide bonds. The Labute approximate surface area is 83.8 Å². The number of nitrogens with zero attached hydrogens (tertiary/aromatic N) is 1. The van der Waals surface area contributed by atoms with Crippen LogP contribution in [0.5, 0.6) is 0 Å². The van der Waals surface area contributed by atoms with Gasteiger partial charge in [0.1, 0.15) is 0 Å². The van der Waals surface area contributed by atoms with Crippen molar-refractivity contribution in [2.24, 2.45) is 5.92 Å². The molecule has 0 spiro atoms. The fourth-order valence-corrected chi connectivity index (χ4v) is 1.30. The first kappa shape index (κ1) is 12.7. The van der Waals surface area contributed by atoms with Gasteiger partial charge < -0.3 is 4.90 Å². The molecule has 0 aromatic carbocycles. The molecule has 0 bridgehead atoms. The molecule has 0 aromatic rings. The molecule has 0 aliphatic rings. The highest BCUT2D eigenvalue weighted by molar-refractivity contribution is 5.02.